The zero-order valence-corrected chi connectivity index (χ0v) is 11.3. The fourth-order valence-electron chi connectivity index (χ4n) is 1.54. The molecule has 0 bridgehead atoms. The van der Waals surface area contributed by atoms with Crippen LogP contribution in [0.2, 0.25) is 5.02 Å². The largest absolute Gasteiger partial charge is 0.484 e. The zero-order valence-electron chi connectivity index (χ0n) is 10.5. The van der Waals surface area contributed by atoms with Gasteiger partial charge in [-0.2, -0.15) is 0 Å². The maximum atomic E-state index is 13.1. The minimum atomic E-state index is -0.561. The van der Waals surface area contributed by atoms with E-state index in [0.29, 0.717) is 0 Å². The summed E-state index contributed by atoms with van der Waals surface area (Å²) in [5.74, 6) is -0.490. The number of ether oxygens (including phenoxy) is 1. The standard InChI is InChI=1S/C13H17ClFNO2/c1-3-4-9(2)16-13(17)8-18-10-5-6-11(14)12(15)7-10/h5-7,9H,3-4,8H2,1-2H3,(H,16,17). The van der Waals surface area contributed by atoms with Crippen molar-refractivity contribution in [1.82, 2.24) is 5.32 Å². The van der Waals surface area contributed by atoms with Gasteiger partial charge in [0.15, 0.2) is 6.61 Å². The van der Waals surface area contributed by atoms with E-state index in [2.05, 4.69) is 12.2 Å². The van der Waals surface area contributed by atoms with E-state index in [1.807, 2.05) is 6.92 Å². The number of benzene rings is 1. The number of rotatable bonds is 6. The summed E-state index contributed by atoms with van der Waals surface area (Å²) in [5.41, 5.74) is 0. The topological polar surface area (TPSA) is 38.3 Å². The van der Waals surface area contributed by atoms with E-state index in [4.69, 9.17) is 16.3 Å². The number of hydrogen-bond acceptors (Lipinski definition) is 2. The Bertz CT molecular complexity index is 412. The van der Waals surface area contributed by atoms with Gasteiger partial charge in [-0.1, -0.05) is 24.9 Å². The first-order valence-corrected chi connectivity index (χ1v) is 6.28. The number of carbonyl (C=O) groups excluding carboxylic acids is 1. The SMILES string of the molecule is CCCC(C)NC(=O)COc1ccc(Cl)c(F)c1. The number of carbonyl (C=O) groups is 1. The molecule has 18 heavy (non-hydrogen) atoms. The van der Waals surface area contributed by atoms with E-state index in [0.717, 1.165) is 18.9 Å². The highest BCUT2D eigenvalue weighted by Crippen LogP contribution is 2.20. The number of amides is 1. The molecule has 1 rings (SSSR count). The summed E-state index contributed by atoms with van der Waals surface area (Å²) < 4.78 is 18.3. The molecule has 0 fully saturated rings. The summed E-state index contributed by atoms with van der Waals surface area (Å²) in [6.45, 7) is 3.86. The van der Waals surface area contributed by atoms with Crippen LogP contribution in [0, 0.1) is 5.82 Å². The van der Waals surface area contributed by atoms with E-state index < -0.39 is 5.82 Å². The number of halogens is 2. The number of hydrogen-bond donors (Lipinski definition) is 1. The van der Waals surface area contributed by atoms with Crippen LogP contribution in [0.3, 0.4) is 0 Å². The summed E-state index contributed by atoms with van der Waals surface area (Å²) in [6, 6.07) is 4.19. The fourth-order valence-corrected chi connectivity index (χ4v) is 1.65. The van der Waals surface area contributed by atoms with Gasteiger partial charge in [0.25, 0.3) is 5.91 Å². The molecule has 1 unspecified atom stereocenters. The van der Waals surface area contributed by atoms with Crippen molar-refractivity contribution in [3.8, 4) is 5.75 Å². The first-order chi connectivity index (χ1) is 8.52. The highest BCUT2D eigenvalue weighted by Gasteiger charge is 2.08. The molecule has 5 heteroatoms. The first-order valence-electron chi connectivity index (χ1n) is 5.90. The van der Waals surface area contributed by atoms with Crippen LogP contribution in [0.5, 0.6) is 5.75 Å². The lowest BCUT2D eigenvalue weighted by molar-refractivity contribution is -0.123. The van der Waals surface area contributed by atoms with Gasteiger partial charge in [-0.05, 0) is 25.5 Å². The van der Waals surface area contributed by atoms with Crippen molar-refractivity contribution in [3.05, 3.63) is 29.0 Å². The molecule has 1 aromatic carbocycles. The molecular formula is C13H17ClFNO2. The van der Waals surface area contributed by atoms with Gasteiger partial charge in [0.2, 0.25) is 0 Å². The molecule has 0 heterocycles. The first kappa shape index (κ1) is 14.8. The van der Waals surface area contributed by atoms with Crippen LogP contribution < -0.4 is 10.1 Å². The molecule has 1 amide bonds. The minimum Gasteiger partial charge on any atom is -0.484 e. The van der Waals surface area contributed by atoms with E-state index >= 15 is 0 Å². The summed E-state index contributed by atoms with van der Waals surface area (Å²) in [5, 5.41) is 2.82. The zero-order chi connectivity index (χ0) is 13.5. The van der Waals surface area contributed by atoms with Gasteiger partial charge in [-0.15, -0.1) is 0 Å². The Labute approximate surface area is 111 Å². The van der Waals surface area contributed by atoms with Gasteiger partial charge < -0.3 is 10.1 Å². The van der Waals surface area contributed by atoms with Crippen molar-refractivity contribution in [2.45, 2.75) is 32.7 Å². The minimum absolute atomic E-state index is 0.0309. The predicted molar refractivity (Wildman–Crippen MR) is 69.4 cm³/mol. The quantitative estimate of drug-likeness (QED) is 0.865. The van der Waals surface area contributed by atoms with Gasteiger partial charge in [0.05, 0.1) is 5.02 Å². The van der Waals surface area contributed by atoms with Gasteiger partial charge in [-0.25, -0.2) is 4.39 Å². The molecular weight excluding hydrogens is 257 g/mol. The van der Waals surface area contributed by atoms with Crippen molar-refractivity contribution in [1.29, 1.82) is 0 Å². The summed E-state index contributed by atoms with van der Waals surface area (Å²) in [7, 11) is 0. The van der Waals surface area contributed by atoms with E-state index in [1.165, 1.54) is 12.1 Å². The summed E-state index contributed by atoms with van der Waals surface area (Å²) >= 11 is 5.54. The van der Waals surface area contributed by atoms with Gasteiger partial charge in [0, 0.05) is 12.1 Å². The Kier molecular flexibility index (Phi) is 5.92. The second kappa shape index (κ2) is 7.21. The van der Waals surface area contributed by atoms with Crippen molar-refractivity contribution in [2.75, 3.05) is 6.61 Å². The number of nitrogens with one attached hydrogen (secondary N) is 1. The third-order valence-electron chi connectivity index (χ3n) is 2.39. The molecule has 0 aliphatic carbocycles. The Morgan fingerprint density at radius 2 is 2.28 bits per heavy atom. The molecule has 0 saturated heterocycles. The molecule has 3 nitrogen and oxygen atoms in total. The van der Waals surface area contributed by atoms with Crippen molar-refractivity contribution in [3.63, 3.8) is 0 Å². The van der Waals surface area contributed by atoms with Crippen LogP contribution in [0.15, 0.2) is 18.2 Å². The fraction of sp³-hybridized carbons (Fsp3) is 0.462. The lowest BCUT2D eigenvalue weighted by atomic mass is 10.2. The molecule has 0 radical (unpaired) electrons. The normalized spacial score (nSPS) is 12.0. The molecule has 1 N–H and O–H groups in total. The van der Waals surface area contributed by atoms with Crippen LogP contribution in [0.1, 0.15) is 26.7 Å². The summed E-state index contributed by atoms with van der Waals surface area (Å²) in [4.78, 5) is 11.5. The van der Waals surface area contributed by atoms with E-state index in [1.54, 1.807) is 0 Å². The predicted octanol–water partition coefficient (Wildman–Crippen LogP) is 3.16. The highest BCUT2D eigenvalue weighted by molar-refractivity contribution is 6.30. The van der Waals surface area contributed by atoms with E-state index in [9.17, 15) is 9.18 Å². The van der Waals surface area contributed by atoms with Crippen LogP contribution >= 0.6 is 11.6 Å². The molecule has 0 aromatic heterocycles. The maximum absolute atomic E-state index is 13.1. The third-order valence-corrected chi connectivity index (χ3v) is 2.70. The average molecular weight is 274 g/mol. The van der Waals surface area contributed by atoms with Crippen LogP contribution in [-0.4, -0.2) is 18.6 Å². The third kappa shape index (κ3) is 4.92. The van der Waals surface area contributed by atoms with Gasteiger partial charge >= 0.3 is 0 Å². The molecule has 0 spiro atoms. The second-order valence-electron chi connectivity index (χ2n) is 4.12. The van der Waals surface area contributed by atoms with Gasteiger partial charge in [-0.3, -0.25) is 4.79 Å². The molecule has 0 saturated carbocycles. The molecule has 100 valence electrons. The molecule has 0 aliphatic heterocycles. The van der Waals surface area contributed by atoms with Gasteiger partial charge in [0.1, 0.15) is 11.6 Å². The monoisotopic (exact) mass is 273 g/mol. The lowest BCUT2D eigenvalue weighted by Crippen LogP contribution is -2.35. The Balaban J connectivity index is 2.40. The summed E-state index contributed by atoms with van der Waals surface area (Å²) in [6.07, 6.45) is 1.92. The molecule has 1 atom stereocenters. The van der Waals surface area contributed by atoms with Crippen molar-refractivity contribution >= 4 is 17.5 Å². The maximum Gasteiger partial charge on any atom is 0.258 e. The van der Waals surface area contributed by atoms with Crippen LogP contribution in [-0.2, 0) is 4.79 Å². The lowest BCUT2D eigenvalue weighted by Gasteiger charge is -2.13. The Hall–Kier alpha value is -1.29. The van der Waals surface area contributed by atoms with Crippen LogP contribution in [0.25, 0.3) is 0 Å². The van der Waals surface area contributed by atoms with Crippen molar-refractivity contribution in [2.24, 2.45) is 0 Å². The van der Waals surface area contributed by atoms with Crippen molar-refractivity contribution < 1.29 is 13.9 Å². The second-order valence-corrected chi connectivity index (χ2v) is 4.53. The Morgan fingerprint density at radius 1 is 1.56 bits per heavy atom. The smallest absolute Gasteiger partial charge is 0.258 e. The Morgan fingerprint density at radius 3 is 2.89 bits per heavy atom. The van der Waals surface area contributed by atoms with E-state index in [-0.39, 0.29) is 29.3 Å². The highest BCUT2D eigenvalue weighted by atomic mass is 35.5. The van der Waals surface area contributed by atoms with Crippen LogP contribution in [0.4, 0.5) is 4.39 Å². The average Bonchev–Trinajstić information content (AvgIpc) is 2.31. The molecule has 1 aromatic rings. The molecule has 0 aliphatic rings.